The summed E-state index contributed by atoms with van der Waals surface area (Å²) in [6.45, 7) is 2.35. The van der Waals surface area contributed by atoms with Crippen LogP contribution in [0, 0.1) is 11.7 Å². The highest BCUT2D eigenvalue weighted by Gasteiger charge is 2.20. The normalized spacial score (nSPS) is 13.4. The van der Waals surface area contributed by atoms with Gasteiger partial charge in [0.05, 0.1) is 5.56 Å². The molecule has 0 heterocycles. The lowest BCUT2D eigenvalue weighted by Gasteiger charge is -2.12. The molecule has 2 aromatic rings. The molecule has 1 amide bonds. The number of hydrogen-bond donors (Lipinski definition) is 1. The zero-order valence-electron chi connectivity index (χ0n) is 14.7. The molecule has 1 saturated carbocycles. The average molecular weight is 357 g/mol. The van der Waals surface area contributed by atoms with Crippen molar-refractivity contribution in [2.24, 2.45) is 5.92 Å². The molecule has 138 valence electrons. The third kappa shape index (κ3) is 5.85. The summed E-state index contributed by atoms with van der Waals surface area (Å²) in [5.74, 6) is 0.825. The molecule has 2 aromatic carbocycles. The van der Waals surface area contributed by atoms with Crippen molar-refractivity contribution in [1.29, 1.82) is 0 Å². The van der Waals surface area contributed by atoms with Gasteiger partial charge in [-0.2, -0.15) is 0 Å². The molecule has 1 aliphatic rings. The number of carbonyl (C=O) groups is 1. The molecular formula is C21H24FNO3. The van der Waals surface area contributed by atoms with Crippen LogP contribution in [0.2, 0.25) is 0 Å². The summed E-state index contributed by atoms with van der Waals surface area (Å²) in [5, 5.41) is 2.90. The second-order valence-corrected chi connectivity index (χ2v) is 6.54. The molecular weight excluding hydrogens is 333 g/mol. The molecule has 0 bridgehead atoms. The van der Waals surface area contributed by atoms with Gasteiger partial charge in [0.15, 0.2) is 0 Å². The van der Waals surface area contributed by atoms with Crippen molar-refractivity contribution in [3.05, 3.63) is 65.5 Å². The molecule has 0 radical (unpaired) electrons. The number of ether oxygens (including phenoxy) is 2. The topological polar surface area (TPSA) is 47.6 Å². The van der Waals surface area contributed by atoms with Crippen LogP contribution in [0.4, 0.5) is 4.39 Å². The Morgan fingerprint density at radius 1 is 1.12 bits per heavy atom. The lowest BCUT2D eigenvalue weighted by molar-refractivity contribution is 0.0933. The van der Waals surface area contributed by atoms with Crippen LogP contribution in [0.25, 0.3) is 0 Å². The standard InChI is InChI=1S/C21H24FNO3/c22-18-10-8-17(9-11-18)15-26-20-5-2-1-4-19(20)21(24)23-12-3-13-25-14-16-6-7-16/h1-2,4-5,8-11,16H,3,6-7,12-15H2,(H,23,24). The smallest absolute Gasteiger partial charge is 0.255 e. The van der Waals surface area contributed by atoms with Crippen LogP contribution >= 0.6 is 0 Å². The van der Waals surface area contributed by atoms with Crippen LogP contribution in [-0.4, -0.2) is 25.7 Å². The number of halogens is 1. The fourth-order valence-corrected chi connectivity index (χ4v) is 2.53. The summed E-state index contributed by atoms with van der Waals surface area (Å²) in [6.07, 6.45) is 3.36. The zero-order valence-corrected chi connectivity index (χ0v) is 14.7. The second-order valence-electron chi connectivity index (χ2n) is 6.54. The number of para-hydroxylation sites is 1. The second kappa shape index (κ2) is 9.34. The number of benzene rings is 2. The minimum Gasteiger partial charge on any atom is -0.488 e. The molecule has 0 saturated heterocycles. The van der Waals surface area contributed by atoms with E-state index in [1.54, 1.807) is 30.3 Å². The van der Waals surface area contributed by atoms with Crippen molar-refractivity contribution >= 4 is 5.91 Å². The van der Waals surface area contributed by atoms with Gasteiger partial charge in [0.25, 0.3) is 5.91 Å². The van der Waals surface area contributed by atoms with Gasteiger partial charge in [-0.25, -0.2) is 4.39 Å². The van der Waals surface area contributed by atoms with E-state index in [9.17, 15) is 9.18 Å². The van der Waals surface area contributed by atoms with Crippen molar-refractivity contribution in [2.75, 3.05) is 19.8 Å². The summed E-state index contributed by atoms with van der Waals surface area (Å²) in [6, 6.07) is 13.2. The molecule has 0 unspecified atom stereocenters. The minimum absolute atomic E-state index is 0.165. The molecule has 0 aliphatic heterocycles. The summed E-state index contributed by atoms with van der Waals surface area (Å²) in [4.78, 5) is 12.4. The van der Waals surface area contributed by atoms with Crippen molar-refractivity contribution in [1.82, 2.24) is 5.32 Å². The lowest BCUT2D eigenvalue weighted by atomic mass is 10.2. The number of rotatable bonds is 10. The minimum atomic E-state index is -0.283. The fraction of sp³-hybridized carbons (Fsp3) is 0.381. The summed E-state index contributed by atoms with van der Waals surface area (Å²) >= 11 is 0. The Hall–Kier alpha value is -2.40. The number of carbonyl (C=O) groups excluding carboxylic acids is 1. The van der Waals surface area contributed by atoms with E-state index in [0.717, 1.165) is 24.5 Å². The van der Waals surface area contributed by atoms with Gasteiger partial charge in [0.2, 0.25) is 0 Å². The van der Waals surface area contributed by atoms with Gasteiger partial charge < -0.3 is 14.8 Å². The predicted octanol–water partition coefficient (Wildman–Crippen LogP) is 3.95. The van der Waals surface area contributed by atoms with Gasteiger partial charge >= 0.3 is 0 Å². The lowest BCUT2D eigenvalue weighted by Crippen LogP contribution is -2.25. The van der Waals surface area contributed by atoms with Crippen molar-refractivity contribution < 1.29 is 18.7 Å². The first-order chi connectivity index (χ1) is 12.7. The third-order valence-corrected chi connectivity index (χ3v) is 4.24. The maximum absolute atomic E-state index is 13.0. The first-order valence-corrected chi connectivity index (χ1v) is 9.04. The Bertz CT molecular complexity index is 713. The van der Waals surface area contributed by atoms with Crippen LogP contribution in [0.5, 0.6) is 5.75 Å². The summed E-state index contributed by atoms with van der Waals surface area (Å²) in [7, 11) is 0. The van der Waals surface area contributed by atoms with E-state index in [-0.39, 0.29) is 18.3 Å². The Balaban J connectivity index is 1.45. The van der Waals surface area contributed by atoms with Crippen molar-refractivity contribution in [3.63, 3.8) is 0 Å². The molecule has 5 heteroatoms. The zero-order chi connectivity index (χ0) is 18.2. The van der Waals surface area contributed by atoms with E-state index in [4.69, 9.17) is 9.47 Å². The maximum Gasteiger partial charge on any atom is 0.255 e. The van der Waals surface area contributed by atoms with Crippen molar-refractivity contribution in [2.45, 2.75) is 25.9 Å². The molecule has 1 N–H and O–H groups in total. The first-order valence-electron chi connectivity index (χ1n) is 9.04. The third-order valence-electron chi connectivity index (χ3n) is 4.24. The molecule has 1 aliphatic carbocycles. The van der Waals surface area contributed by atoms with E-state index in [1.807, 2.05) is 6.07 Å². The number of nitrogens with one attached hydrogen (secondary N) is 1. The predicted molar refractivity (Wildman–Crippen MR) is 97.7 cm³/mol. The quantitative estimate of drug-likeness (QED) is 0.655. The Labute approximate surface area is 153 Å². The van der Waals surface area contributed by atoms with Crippen molar-refractivity contribution in [3.8, 4) is 5.75 Å². The molecule has 0 aromatic heterocycles. The van der Waals surface area contributed by atoms with Crippen LogP contribution in [-0.2, 0) is 11.3 Å². The largest absolute Gasteiger partial charge is 0.488 e. The fourth-order valence-electron chi connectivity index (χ4n) is 2.53. The molecule has 3 rings (SSSR count). The van der Waals surface area contributed by atoms with E-state index in [0.29, 0.717) is 24.5 Å². The van der Waals surface area contributed by atoms with Gasteiger partial charge in [-0.05, 0) is 55.0 Å². The van der Waals surface area contributed by atoms with E-state index in [1.165, 1.54) is 25.0 Å². The Morgan fingerprint density at radius 3 is 2.65 bits per heavy atom. The molecule has 1 fully saturated rings. The monoisotopic (exact) mass is 357 g/mol. The maximum atomic E-state index is 13.0. The van der Waals surface area contributed by atoms with Gasteiger partial charge in [0.1, 0.15) is 18.2 Å². The summed E-state index contributed by atoms with van der Waals surface area (Å²) in [5.41, 5.74) is 1.34. The molecule has 0 spiro atoms. The molecule has 4 nitrogen and oxygen atoms in total. The molecule has 26 heavy (non-hydrogen) atoms. The SMILES string of the molecule is O=C(NCCCOCC1CC1)c1ccccc1OCc1ccc(F)cc1. The average Bonchev–Trinajstić information content (AvgIpc) is 3.48. The summed E-state index contributed by atoms with van der Waals surface area (Å²) < 4.78 is 24.3. The van der Waals surface area contributed by atoms with Crippen LogP contribution in [0.15, 0.2) is 48.5 Å². The van der Waals surface area contributed by atoms with Gasteiger partial charge in [0, 0.05) is 19.8 Å². The van der Waals surface area contributed by atoms with Crippen LogP contribution in [0.3, 0.4) is 0 Å². The van der Waals surface area contributed by atoms with Crippen LogP contribution in [0.1, 0.15) is 35.2 Å². The number of hydrogen-bond acceptors (Lipinski definition) is 3. The van der Waals surface area contributed by atoms with E-state index >= 15 is 0 Å². The highest BCUT2D eigenvalue weighted by molar-refractivity contribution is 5.96. The van der Waals surface area contributed by atoms with Gasteiger partial charge in [-0.15, -0.1) is 0 Å². The highest BCUT2D eigenvalue weighted by atomic mass is 19.1. The van der Waals surface area contributed by atoms with Gasteiger partial charge in [-0.1, -0.05) is 24.3 Å². The van der Waals surface area contributed by atoms with Crippen LogP contribution < -0.4 is 10.1 Å². The first kappa shape index (κ1) is 18.4. The van der Waals surface area contributed by atoms with E-state index < -0.39 is 0 Å². The molecule has 0 atom stereocenters. The highest BCUT2D eigenvalue weighted by Crippen LogP contribution is 2.28. The number of amides is 1. The van der Waals surface area contributed by atoms with Gasteiger partial charge in [-0.3, -0.25) is 4.79 Å². The Morgan fingerprint density at radius 2 is 1.88 bits per heavy atom. The van der Waals surface area contributed by atoms with E-state index in [2.05, 4.69) is 5.32 Å². The Kier molecular flexibility index (Phi) is 6.61.